The molecule has 24 heavy (non-hydrogen) atoms. The number of aliphatic hydroxyl groups excluding tert-OH is 1. The quantitative estimate of drug-likeness (QED) is 0.869. The Morgan fingerprint density at radius 3 is 2.25 bits per heavy atom. The summed E-state index contributed by atoms with van der Waals surface area (Å²) >= 11 is 0. The van der Waals surface area contributed by atoms with Gasteiger partial charge >= 0.3 is 0 Å². The van der Waals surface area contributed by atoms with E-state index in [-0.39, 0.29) is 23.8 Å². The predicted molar refractivity (Wildman–Crippen MR) is 91.9 cm³/mol. The minimum Gasteiger partial charge on any atom is -0.396 e. The third-order valence-electron chi connectivity index (χ3n) is 5.50. The van der Waals surface area contributed by atoms with E-state index in [1.807, 2.05) is 4.90 Å². The fourth-order valence-corrected chi connectivity index (χ4v) is 3.25. The second-order valence-corrected chi connectivity index (χ2v) is 7.13. The Hall–Kier alpha value is -1.88. The second kappa shape index (κ2) is 6.93. The van der Waals surface area contributed by atoms with Crippen molar-refractivity contribution in [2.75, 3.05) is 19.7 Å². The highest BCUT2D eigenvalue weighted by atomic mass is 16.3. The molecule has 0 atom stereocenters. The fourth-order valence-electron chi connectivity index (χ4n) is 3.25. The van der Waals surface area contributed by atoms with Crippen LogP contribution in [0.15, 0.2) is 24.3 Å². The zero-order chi connectivity index (χ0) is 17.2. The number of rotatable bonds is 5. The Morgan fingerprint density at radius 1 is 1.17 bits per heavy atom. The number of nitrogens with zero attached hydrogens (tertiary/aromatic N) is 1. The summed E-state index contributed by atoms with van der Waals surface area (Å²) in [5.41, 5.74) is 1.19. The lowest BCUT2D eigenvalue weighted by molar-refractivity contribution is 0.0338. The van der Waals surface area contributed by atoms with E-state index in [1.165, 1.54) is 0 Å². The summed E-state index contributed by atoms with van der Waals surface area (Å²) in [5, 5.41) is 12.5. The number of hydrogen-bond acceptors (Lipinski definition) is 3. The molecule has 2 N–H and O–H groups in total. The van der Waals surface area contributed by atoms with Gasteiger partial charge in [-0.2, -0.15) is 0 Å². The highest BCUT2D eigenvalue weighted by Crippen LogP contribution is 2.34. The van der Waals surface area contributed by atoms with Crippen molar-refractivity contribution in [2.45, 2.75) is 45.1 Å². The molecule has 1 saturated heterocycles. The molecule has 0 unspecified atom stereocenters. The van der Waals surface area contributed by atoms with Gasteiger partial charge in [0.25, 0.3) is 11.8 Å². The monoisotopic (exact) mass is 330 g/mol. The van der Waals surface area contributed by atoms with E-state index < -0.39 is 0 Å². The first kappa shape index (κ1) is 17.0. The van der Waals surface area contributed by atoms with Crippen LogP contribution in [-0.4, -0.2) is 47.6 Å². The van der Waals surface area contributed by atoms with Crippen molar-refractivity contribution < 1.29 is 14.7 Å². The molecule has 0 spiro atoms. The minimum absolute atomic E-state index is 0.00629. The number of aliphatic hydroxyl groups is 1. The summed E-state index contributed by atoms with van der Waals surface area (Å²) in [6.45, 7) is 3.64. The van der Waals surface area contributed by atoms with Gasteiger partial charge in [-0.3, -0.25) is 9.59 Å². The minimum atomic E-state index is -0.0647. The molecule has 130 valence electrons. The first-order valence-electron chi connectivity index (χ1n) is 8.88. The first-order valence-corrected chi connectivity index (χ1v) is 8.88. The topological polar surface area (TPSA) is 69.6 Å². The van der Waals surface area contributed by atoms with Crippen molar-refractivity contribution in [1.82, 2.24) is 10.2 Å². The zero-order valence-corrected chi connectivity index (χ0v) is 14.3. The van der Waals surface area contributed by atoms with E-state index in [1.54, 1.807) is 24.3 Å². The second-order valence-electron chi connectivity index (χ2n) is 7.13. The fraction of sp³-hybridized carbons (Fsp3) is 0.579. The Bertz CT molecular complexity index is 594. The van der Waals surface area contributed by atoms with E-state index in [9.17, 15) is 14.7 Å². The van der Waals surface area contributed by atoms with E-state index in [0.29, 0.717) is 30.3 Å². The number of nitrogens with one attached hydrogen (secondary N) is 1. The normalized spacial score (nSPS) is 19.8. The van der Waals surface area contributed by atoms with Gasteiger partial charge in [0, 0.05) is 36.9 Å². The molecule has 1 aromatic rings. The van der Waals surface area contributed by atoms with E-state index >= 15 is 0 Å². The standard InChI is InChI=1S/C19H26N2O3/c1-2-19(13-22)9-11-21(12-10-19)18(24)15-5-3-14(4-6-15)17(23)20-16-7-8-16/h3-6,16,22H,2,7-13H2,1H3,(H,20,23). The summed E-state index contributed by atoms with van der Waals surface area (Å²) in [7, 11) is 0. The lowest BCUT2D eigenvalue weighted by Gasteiger charge is -2.40. The van der Waals surface area contributed by atoms with Crippen molar-refractivity contribution in [1.29, 1.82) is 0 Å². The Kier molecular flexibility index (Phi) is 4.90. The lowest BCUT2D eigenvalue weighted by atomic mass is 9.77. The molecular formula is C19H26N2O3. The maximum Gasteiger partial charge on any atom is 0.253 e. The van der Waals surface area contributed by atoms with Gasteiger partial charge in [-0.05, 0) is 61.8 Å². The maximum absolute atomic E-state index is 12.6. The Labute approximate surface area is 143 Å². The van der Waals surface area contributed by atoms with Crippen LogP contribution in [-0.2, 0) is 0 Å². The maximum atomic E-state index is 12.6. The molecule has 1 aliphatic carbocycles. The van der Waals surface area contributed by atoms with Gasteiger partial charge in [0.15, 0.2) is 0 Å². The van der Waals surface area contributed by atoms with Crippen LogP contribution >= 0.6 is 0 Å². The number of piperidine rings is 1. The van der Waals surface area contributed by atoms with Crippen LogP contribution in [0.3, 0.4) is 0 Å². The molecule has 0 radical (unpaired) electrons. The van der Waals surface area contributed by atoms with Crippen LogP contribution in [0.25, 0.3) is 0 Å². The molecule has 5 heteroatoms. The smallest absolute Gasteiger partial charge is 0.253 e. The molecule has 3 rings (SSSR count). The average molecular weight is 330 g/mol. The number of likely N-dealkylation sites (tertiary alicyclic amines) is 1. The van der Waals surface area contributed by atoms with Crippen molar-refractivity contribution in [3.63, 3.8) is 0 Å². The van der Waals surface area contributed by atoms with Crippen LogP contribution in [0.2, 0.25) is 0 Å². The van der Waals surface area contributed by atoms with E-state index in [0.717, 1.165) is 32.1 Å². The lowest BCUT2D eigenvalue weighted by Crippen LogP contribution is -2.44. The summed E-state index contributed by atoms with van der Waals surface area (Å²) in [6, 6.07) is 7.24. The van der Waals surface area contributed by atoms with Crippen LogP contribution in [0.4, 0.5) is 0 Å². The van der Waals surface area contributed by atoms with Gasteiger partial charge in [-0.1, -0.05) is 6.92 Å². The van der Waals surface area contributed by atoms with Crippen molar-refractivity contribution in [3.05, 3.63) is 35.4 Å². The molecule has 2 fully saturated rings. The summed E-state index contributed by atoms with van der Waals surface area (Å²) in [5.74, 6) is -0.0584. The van der Waals surface area contributed by atoms with Gasteiger partial charge in [-0.15, -0.1) is 0 Å². The molecule has 0 bridgehead atoms. The van der Waals surface area contributed by atoms with Gasteiger partial charge in [-0.25, -0.2) is 0 Å². The predicted octanol–water partition coefficient (Wildman–Crippen LogP) is 2.20. The molecule has 1 aliphatic heterocycles. The number of amides is 2. The van der Waals surface area contributed by atoms with E-state index in [2.05, 4.69) is 12.2 Å². The molecule has 1 heterocycles. The highest BCUT2D eigenvalue weighted by Gasteiger charge is 2.34. The van der Waals surface area contributed by atoms with Crippen molar-refractivity contribution >= 4 is 11.8 Å². The summed E-state index contributed by atoms with van der Waals surface area (Å²) in [4.78, 5) is 26.5. The van der Waals surface area contributed by atoms with Crippen LogP contribution in [0.5, 0.6) is 0 Å². The summed E-state index contributed by atoms with van der Waals surface area (Å²) in [6.07, 6.45) is 4.74. The third kappa shape index (κ3) is 3.61. The average Bonchev–Trinajstić information content (AvgIpc) is 3.45. The van der Waals surface area contributed by atoms with Crippen LogP contribution in [0, 0.1) is 5.41 Å². The first-order chi connectivity index (χ1) is 11.6. The third-order valence-corrected chi connectivity index (χ3v) is 5.50. The molecule has 1 saturated carbocycles. The number of carbonyl (C=O) groups excluding carboxylic acids is 2. The van der Waals surface area contributed by atoms with Crippen LogP contribution in [0.1, 0.15) is 59.7 Å². The Morgan fingerprint density at radius 2 is 1.75 bits per heavy atom. The highest BCUT2D eigenvalue weighted by molar-refractivity contribution is 5.98. The largest absolute Gasteiger partial charge is 0.396 e. The number of carbonyl (C=O) groups is 2. The molecule has 5 nitrogen and oxygen atoms in total. The molecule has 2 amide bonds. The van der Waals surface area contributed by atoms with Gasteiger partial charge in [0.05, 0.1) is 0 Å². The Balaban J connectivity index is 1.60. The molecular weight excluding hydrogens is 304 g/mol. The van der Waals surface area contributed by atoms with Gasteiger partial charge < -0.3 is 15.3 Å². The van der Waals surface area contributed by atoms with Gasteiger partial charge in [0.1, 0.15) is 0 Å². The van der Waals surface area contributed by atoms with Crippen molar-refractivity contribution in [2.24, 2.45) is 5.41 Å². The van der Waals surface area contributed by atoms with E-state index in [4.69, 9.17) is 0 Å². The summed E-state index contributed by atoms with van der Waals surface area (Å²) < 4.78 is 0. The van der Waals surface area contributed by atoms with Crippen molar-refractivity contribution in [3.8, 4) is 0 Å². The zero-order valence-electron chi connectivity index (χ0n) is 14.3. The van der Waals surface area contributed by atoms with Gasteiger partial charge in [0.2, 0.25) is 0 Å². The number of benzene rings is 1. The molecule has 0 aromatic heterocycles. The number of hydrogen-bond donors (Lipinski definition) is 2. The molecule has 1 aromatic carbocycles. The SMILES string of the molecule is CCC1(CO)CCN(C(=O)c2ccc(C(=O)NC3CC3)cc2)CC1. The molecule has 2 aliphatic rings. The van der Waals surface area contributed by atoms with Crippen LogP contribution < -0.4 is 5.32 Å².